The summed E-state index contributed by atoms with van der Waals surface area (Å²) < 4.78 is 0. The highest BCUT2D eigenvalue weighted by molar-refractivity contribution is 7.18. The first kappa shape index (κ1) is 16.8. The van der Waals surface area contributed by atoms with Gasteiger partial charge in [0.05, 0.1) is 0 Å². The number of thiazole rings is 1. The van der Waals surface area contributed by atoms with Gasteiger partial charge in [-0.3, -0.25) is 4.79 Å². The third-order valence-electron chi connectivity index (χ3n) is 3.48. The molecule has 0 bridgehead atoms. The normalized spacial score (nSPS) is 13.8. The molecule has 3 N–H and O–H groups in total. The molecule has 6 heteroatoms. The molecule has 1 rings (SSSR count). The number of rotatable bonds is 7. The summed E-state index contributed by atoms with van der Waals surface area (Å²) in [5.41, 5.74) is 5.85. The fourth-order valence-corrected chi connectivity index (χ4v) is 2.81. The van der Waals surface area contributed by atoms with E-state index in [0.717, 1.165) is 24.5 Å². The number of anilines is 2. The molecule has 0 spiro atoms. The van der Waals surface area contributed by atoms with Gasteiger partial charge in [0.15, 0.2) is 5.13 Å². The summed E-state index contributed by atoms with van der Waals surface area (Å²) in [5, 5.41) is 3.79. The summed E-state index contributed by atoms with van der Waals surface area (Å²) in [6, 6.07) is 0.145. The van der Waals surface area contributed by atoms with Crippen LogP contribution in [-0.4, -0.2) is 30.5 Å². The van der Waals surface area contributed by atoms with Gasteiger partial charge in [0.25, 0.3) is 5.91 Å². The molecular weight excluding hydrogens is 272 g/mol. The van der Waals surface area contributed by atoms with E-state index in [-0.39, 0.29) is 11.9 Å². The number of hydrogen-bond donors (Lipinski definition) is 2. The van der Waals surface area contributed by atoms with Crippen molar-refractivity contribution in [3.63, 3.8) is 0 Å². The maximum absolute atomic E-state index is 12.2. The number of hydrogen-bond acceptors (Lipinski definition) is 5. The molecule has 20 heavy (non-hydrogen) atoms. The van der Waals surface area contributed by atoms with Crippen LogP contribution in [0.4, 0.5) is 10.9 Å². The van der Waals surface area contributed by atoms with Crippen molar-refractivity contribution in [1.82, 2.24) is 10.3 Å². The molecule has 1 aromatic rings. The van der Waals surface area contributed by atoms with Gasteiger partial charge in [0, 0.05) is 19.6 Å². The lowest BCUT2D eigenvalue weighted by Gasteiger charge is -2.17. The lowest BCUT2D eigenvalue weighted by atomic mass is 10.0. The second kappa shape index (κ2) is 7.47. The van der Waals surface area contributed by atoms with Gasteiger partial charge in [-0.2, -0.15) is 0 Å². The summed E-state index contributed by atoms with van der Waals surface area (Å²) in [4.78, 5) is 19.0. The number of carbonyl (C=O) groups excluding carboxylic acids is 1. The number of nitrogens with one attached hydrogen (secondary N) is 1. The van der Waals surface area contributed by atoms with E-state index in [1.54, 1.807) is 0 Å². The molecule has 1 heterocycles. The van der Waals surface area contributed by atoms with Crippen molar-refractivity contribution in [2.45, 2.75) is 46.6 Å². The average Bonchev–Trinajstić information content (AvgIpc) is 2.79. The van der Waals surface area contributed by atoms with Crippen molar-refractivity contribution in [2.75, 3.05) is 24.2 Å². The molecular formula is C14H26N4OS. The topological polar surface area (TPSA) is 71.2 Å². The van der Waals surface area contributed by atoms with Crippen LogP contribution in [0.2, 0.25) is 0 Å². The fraction of sp³-hybridized carbons (Fsp3) is 0.714. The molecule has 114 valence electrons. The first-order valence-corrected chi connectivity index (χ1v) is 7.98. The minimum Gasteiger partial charge on any atom is -0.382 e. The van der Waals surface area contributed by atoms with Gasteiger partial charge in [0.2, 0.25) is 0 Å². The van der Waals surface area contributed by atoms with Crippen molar-refractivity contribution in [1.29, 1.82) is 0 Å². The Morgan fingerprint density at radius 1 is 1.45 bits per heavy atom. The SMILES string of the molecule is CCC(C)CC(C)NC(=O)c1sc(N(C)CC)nc1N. The molecule has 0 aliphatic carbocycles. The van der Waals surface area contributed by atoms with E-state index in [9.17, 15) is 4.79 Å². The Bertz CT molecular complexity index is 446. The molecule has 0 aliphatic heterocycles. The highest BCUT2D eigenvalue weighted by atomic mass is 32.1. The first-order valence-electron chi connectivity index (χ1n) is 7.17. The van der Waals surface area contributed by atoms with Gasteiger partial charge in [0.1, 0.15) is 10.7 Å². The lowest BCUT2D eigenvalue weighted by Crippen LogP contribution is -2.33. The van der Waals surface area contributed by atoms with Crippen molar-refractivity contribution in [2.24, 2.45) is 5.92 Å². The molecule has 2 atom stereocenters. The Morgan fingerprint density at radius 3 is 2.65 bits per heavy atom. The summed E-state index contributed by atoms with van der Waals surface area (Å²) in [6.07, 6.45) is 2.09. The standard InChI is InChI=1S/C14H26N4OS/c1-6-9(3)8-10(4)16-13(19)11-12(15)17-14(20-11)18(5)7-2/h9-10H,6-8,15H2,1-5H3,(H,16,19). The molecule has 0 saturated carbocycles. The predicted molar refractivity (Wildman–Crippen MR) is 86.5 cm³/mol. The zero-order valence-corrected chi connectivity index (χ0v) is 13.9. The van der Waals surface area contributed by atoms with E-state index in [1.165, 1.54) is 11.3 Å². The Kier molecular flexibility index (Phi) is 6.26. The maximum Gasteiger partial charge on any atom is 0.265 e. The molecule has 0 aliphatic rings. The van der Waals surface area contributed by atoms with Crippen LogP contribution < -0.4 is 16.0 Å². The van der Waals surface area contributed by atoms with E-state index < -0.39 is 0 Å². The second-order valence-corrected chi connectivity index (χ2v) is 6.33. The van der Waals surface area contributed by atoms with Gasteiger partial charge in [-0.05, 0) is 26.2 Å². The fourth-order valence-electron chi connectivity index (χ4n) is 1.90. The zero-order chi connectivity index (χ0) is 15.3. The molecule has 0 fully saturated rings. The minimum atomic E-state index is -0.119. The van der Waals surface area contributed by atoms with E-state index >= 15 is 0 Å². The number of nitrogen functional groups attached to an aromatic ring is 1. The third kappa shape index (κ3) is 4.37. The number of carbonyl (C=O) groups is 1. The van der Waals surface area contributed by atoms with Crippen LogP contribution in [0.3, 0.4) is 0 Å². The summed E-state index contributed by atoms with van der Waals surface area (Å²) in [6.45, 7) is 9.25. The molecule has 2 unspecified atom stereocenters. The highest BCUT2D eigenvalue weighted by Gasteiger charge is 2.19. The monoisotopic (exact) mass is 298 g/mol. The lowest BCUT2D eigenvalue weighted by molar-refractivity contribution is 0.0940. The van der Waals surface area contributed by atoms with Crippen molar-refractivity contribution in [3.8, 4) is 0 Å². The van der Waals surface area contributed by atoms with Gasteiger partial charge in [-0.15, -0.1) is 0 Å². The van der Waals surface area contributed by atoms with Gasteiger partial charge in [-0.1, -0.05) is 31.6 Å². The van der Waals surface area contributed by atoms with Crippen molar-refractivity contribution < 1.29 is 4.79 Å². The highest BCUT2D eigenvalue weighted by Crippen LogP contribution is 2.27. The molecule has 5 nitrogen and oxygen atoms in total. The second-order valence-electron chi connectivity index (χ2n) is 5.35. The summed E-state index contributed by atoms with van der Waals surface area (Å²) in [7, 11) is 1.94. The number of nitrogens with two attached hydrogens (primary N) is 1. The zero-order valence-electron chi connectivity index (χ0n) is 13.1. The maximum atomic E-state index is 12.2. The van der Waals surface area contributed by atoms with Gasteiger partial charge >= 0.3 is 0 Å². The van der Waals surface area contributed by atoms with Crippen LogP contribution >= 0.6 is 11.3 Å². The van der Waals surface area contributed by atoms with Gasteiger partial charge in [-0.25, -0.2) is 4.98 Å². The summed E-state index contributed by atoms with van der Waals surface area (Å²) in [5.74, 6) is 0.802. The van der Waals surface area contributed by atoms with Crippen LogP contribution in [-0.2, 0) is 0 Å². The quantitative estimate of drug-likeness (QED) is 0.812. The Morgan fingerprint density at radius 2 is 2.10 bits per heavy atom. The van der Waals surface area contributed by atoms with Gasteiger partial charge < -0.3 is 16.0 Å². The number of amides is 1. The van der Waals surface area contributed by atoms with Crippen molar-refractivity contribution >= 4 is 28.2 Å². The Labute approximate surface area is 125 Å². The molecule has 0 saturated heterocycles. The van der Waals surface area contributed by atoms with Crippen LogP contribution in [0.25, 0.3) is 0 Å². The van der Waals surface area contributed by atoms with Crippen LogP contribution in [0.1, 0.15) is 50.2 Å². The van der Waals surface area contributed by atoms with Crippen LogP contribution in [0.5, 0.6) is 0 Å². The third-order valence-corrected chi connectivity index (χ3v) is 4.66. The number of nitrogens with zero attached hydrogens (tertiary/aromatic N) is 2. The Hall–Kier alpha value is -1.30. The smallest absolute Gasteiger partial charge is 0.265 e. The molecule has 1 aromatic heterocycles. The van der Waals surface area contributed by atoms with E-state index in [4.69, 9.17) is 5.73 Å². The van der Waals surface area contributed by atoms with E-state index in [2.05, 4.69) is 24.1 Å². The summed E-state index contributed by atoms with van der Waals surface area (Å²) >= 11 is 1.34. The number of aromatic nitrogens is 1. The van der Waals surface area contributed by atoms with E-state index in [0.29, 0.717) is 16.6 Å². The Balaban J connectivity index is 2.70. The molecule has 1 amide bonds. The average molecular weight is 298 g/mol. The predicted octanol–water partition coefficient (Wildman–Crippen LogP) is 2.74. The van der Waals surface area contributed by atoms with Crippen LogP contribution in [0.15, 0.2) is 0 Å². The van der Waals surface area contributed by atoms with E-state index in [1.807, 2.05) is 25.8 Å². The molecule has 0 aromatic carbocycles. The minimum absolute atomic E-state index is 0.119. The largest absolute Gasteiger partial charge is 0.382 e. The van der Waals surface area contributed by atoms with Crippen LogP contribution in [0, 0.1) is 5.92 Å². The molecule has 0 radical (unpaired) electrons. The first-order chi connectivity index (χ1) is 9.38. The van der Waals surface area contributed by atoms with Crippen molar-refractivity contribution in [3.05, 3.63) is 4.88 Å².